The van der Waals surface area contributed by atoms with Crippen LogP contribution >= 0.6 is 0 Å². The molecule has 186 valence electrons. The van der Waals surface area contributed by atoms with Crippen LogP contribution in [-0.2, 0) is 11.8 Å². The molecule has 4 aromatic rings. The SMILES string of the molecule is COc1cc(OC)cc(N(CCCN2CCCC2=O)c2ccc3ncc(-c4cnn(C)c4)cc3c2)c1. The van der Waals surface area contributed by atoms with Crippen LogP contribution in [0.25, 0.3) is 22.0 Å². The van der Waals surface area contributed by atoms with E-state index in [0.717, 1.165) is 77.4 Å². The van der Waals surface area contributed by atoms with E-state index in [1.165, 1.54) is 0 Å². The summed E-state index contributed by atoms with van der Waals surface area (Å²) >= 11 is 0. The zero-order valence-corrected chi connectivity index (χ0v) is 21.0. The molecule has 2 aromatic heterocycles. The van der Waals surface area contributed by atoms with Gasteiger partial charge >= 0.3 is 0 Å². The Bertz CT molecular complexity index is 1360. The molecule has 0 saturated carbocycles. The third-order valence-electron chi connectivity index (χ3n) is 6.64. The maximum absolute atomic E-state index is 12.1. The molecule has 8 nitrogen and oxygen atoms in total. The molecule has 5 rings (SSSR count). The van der Waals surface area contributed by atoms with Gasteiger partial charge in [-0.3, -0.25) is 14.5 Å². The number of benzene rings is 2. The van der Waals surface area contributed by atoms with Crippen LogP contribution in [0.3, 0.4) is 0 Å². The quantitative estimate of drug-likeness (QED) is 0.339. The third kappa shape index (κ3) is 4.98. The second kappa shape index (κ2) is 10.3. The number of hydrogen-bond acceptors (Lipinski definition) is 6. The monoisotopic (exact) mass is 485 g/mol. The predicted molar refractivity (Wildman–Crippen MR) is 141 cm³/mol. The fraction of sp³-hybridized carbons (Fsp3) is 0.321. The molecule has 3 heterocycles. The van der Waals surface area contributed by atoms with Crippen molar-refractivity contribution in [2.75, 3.05) is 38.8 Å². The van der Waals surface area contributed by atoms with E-state index in [4.69, 9.17) is 9.47 Å². The van der Waals surface area contributed by atoms with Crippen LogP contribution in [0.15, 0.2) is 61.1 Å². The van der Waals surface area contributed by atoms with Gasteiger partial charge in [-0.1, -0.05) is 0 Å². The molecule has 0 spiro atoms. The lowest BCUT2D eigenvalue weighted by molar-refractivity contribution is -0.127. The smallest absolute Gasteiger partial charge is 0.222 e. The highest BCUT2D eigenvalue weighted by atomic mass is 16.5. The van der Waals surface area contributed by atoms with Crippen LogP contribution in [-0.4, -0.2) is 59.4 Å². The van der Waals surface area contributed by atoms with E-state index in [0.29, 0.717) is 6.42 Å². The molecule has 0 radical (unpaired) electrons. The lowest BCUT2D eigenvalue weighted by Gasteiger charge is -2.27. The Kier molecular flexibility index (Phi) is 6.75. The molecule has 1 aliphatic rings. The number of carbonyl (C=O) groups is 1. The molecule has 2 aromatic carbocycles. The standard InChI is InChI=1S/C28H31N5O3/c1-31-19-22(18-30-31)21-12-20-13-23(7-8-27(20)29-17-21)33(11-5-10-32-9-4-6-28(32)34)24-14-25(35-2)16-26(15-24)36-3/h7-8,12-19H,4-6,9-11H2,1-3H3. The summed E-state index contributed by atoms with van der Waals surface area (Å²) in [5, 5.41) is 5.34. The molecular weight excluding hydrogens is 454 g/mol. The molecule has 0 aliphatic carbocycles. The summed E-state index contributed by atoms with van der Waals surface area (Å²) < 4.78 is 12.9. The highest BCUT2D eigenvalue weighted by Crippen LogP contribution is 2.35. The van der Waals surface area contributed by atoms with Gasteiger partial charge in [0.25, 0.3) is 0 Å². The Balaban J connectivity index is 1.50. The van der Waals surface area contributed by atoms with Crippen molar-refractivity contribution in [1.29, 1.82) is 0 Å². The molecule has 0 N–H and O–H groups in total. The maximum Gasteiger partial charge on any atom is 0.222 e. The molecule has 1 aliphatic heterocycles. The fourth-order valence-corrected chi connectivity index (χ4v) is 4.73. The topological polar surface area (TPSA) is 72.7 Å². The number of amides is 1. The molecule has 36 heavy (non-hydrogen) atoms. The van der Waals surface area contributed by atoms with Crippen LogP contribution in [0.1, 0.15) is 19.3 Å². The molecular formula is C28H31N5O3. The van der Waals surface area contributed by atoms with Crippen molar-refractivity contribution in [2.45, 2.75) is 19.3 Å². The van der Waals surface area contributed by atoms with Crippen molar-refractivity contribution in [3.05, 3.63) is 61.1 Å². The van der Waals surface area contributed by atoms with Crippen molar-refractivity contribution >= 4 is 28.2 Å². The predicted octanol–water partition coefficient (Wildman–Crippen LogP) is 4.80. The minimum Gasteiger partial charge on any atom is -0.497 e. The molecule has 1 amide bonds. The summed E-state index contributed by atoms with van der Waals surface area (Å²) in [5.41, 5.74) is 4.99. The first-order valence-electron chi connectivity index (χ1n) is 12.2. The summed E-state index contributed by atoms with van der Waals surface area (Å²) in [4.78, 5) is 21.0. The Labute approximate surface area is 211 Å². The largest absolute Gasteiger partial charge is 0.497 e. The lowest BCUT2D eigenvalue weighted by atomic mass is 10.1. The average Bonchev–Trinajstić information content (AvgIpc) is 3.53. The molecule has 8 heteroatoms. The number of likely N-dealkylation sites (tertiary alicyclic amines) is 1. The van der Waals surface area contributed by atoms with Gasteiger partial charge in [-0.25, -0.2) is 0 Å². The fourth-order valence-electron chi connectivity index (χ4n) is 4.73. The minimum absolute atomic E-state index is 0.254. The highest BCUT2D eigenvalue weighted by Gasteiger charge is 2.20. The molecule has 0 atom stereocenters. The van der Waals surface area contributed by atoms with Gasteiger partial charge in [-0.15, -0.1) is 0 Å². The second-order valence-corrected chi connectivity index (χ2v) is 9.06. The van der Waals surface area contributed by atoms with Crippen LogP contribution in [0.5, 0.6) is 11.5 Å². The third-order valence-corrected chi connectivity index (χ3v) is 6.64. The molecule has 1 saturated heterocycles. The number of aryl methyl sites for hydroxylation is 1. The second-order valence-electron chi connectivity index (χ2n) is 9.06. The van der Waals surface area contributed by atoms with E-state index in [9.17, 15) is 4.79 Å². The number of aromatic nitrogens is 3. The van der Waals surface area contributed by atoms with Crippen molar-refractivity contribution in [2.24, 2.45) is 7.05 Å². The number of nitrogens with zero attached hydrogens (tertiary/aromatic N) is 5. The van der Waals surface area contributed by atoms with Crippen molar-refractivity contribution < 1.29 is 14.3 Å². The number of anilines is 2. The van der Waals surface area contributed by atoms with Crippen molar-refractivity contribution in [1.82, 2.24) is 19.7 Å². The summed E-state index contributed by atoms with van der Waals surface area (Å²) in [6, 6.07) is 14.3. The number of methoxy groups -OCH3 is 2. The van der Waals surface area contributed by atoms with Gasteiger partial charge in [-0.2, -0.15) is 5.10 Å². The number of fused-ring (bicyclic) bond motifs is 1. The van der Waals surface area contributed by atoms with Gasteiger partial charge in [-0.05, 0) is 37.1 Å². The molecule has 1 fully saturated rings. The van der Waals surface area contributed by atoms with E-state index in [1.807, 2.05) is 54.8 Å². The van der Waals surface area contributed by atoms with E-state index in [1.54, 1.807) is 18.9 Å². The maximum atomic E-state index is 12.1. The molecule has 0 unspecified atom stereocenters. The number of ether oxygens (including phenoxy) is 2. The lowest BCUT2D eigenvalue weighted by Crippen LogP contribution is -2.29. The Morgan fingerprint density at radius 3 is 2.44 bits per heavy atom. The summed E-state index contributed by atoms with van der Waals surface area (Å²) in [7, 11) is 5.22. The molecule has 0 bridgehead atoms. The number of carbonyl (C=O) groups excluding carboxylic acids is 1. The Morgan fingerprint density at radius 1 is 0.972 bits per heavy atom. The number of rotatable bonds is 9. The van der Waals surface area contributed by atoms with Crippen LogP contribution in [0.2, 0.25) is 0 Å². The highest BCUT2D eigenvalue weighted by molar-refractivity contribution is 5.87. The van der Waals surface area contributed by atoms with Gasteiger partial charge in [0.2, 0.25) is 5.91 Å². The van der Waals surface area contributed by atoms with E-state index >= 15 is 0 Å². The first-order chi connectivity index (χ1) is 17.5. The Hall–Kier alpha value is -4.07. The summed E-state index contributed by atoms with van der Waals surface area (Å²) in [6.45, 7) is 2.34. The van der Waals surface area contributed by atoms with Gasteiger partial charge in [0.1, 0.15) is 11.5 Å². The van der Waals surface area contributed by atoms with Crippen molar-refractivity contribution in [3.8, 4) is 22.6 Å². The normalized spacial score (nSPS) is 13.4. The minimum atomic E-state index is 0.254. The van der Waals surface area contributed by atoms with E-state index < -0.39 is 0 Å². The Morgan fingerprint density at radius 2 is 1.78 bits per heavy atom. The van der Waals surface area contributed by atoms with Crippen LogP contribution in [0.4, 0.5) is 11.4 Å². The van der Waals surface area contributed by atoms with Gasteiger partial charge in [0.15, 0.2) is 0 Å². The van der Waals surface area contributed by atoms with Gasteiger partial charge in [0, 0.05) is 91.6 Å². The van der Waals surface area contributed by atoms with E-state index in [2.05, 4.69) is 33.2 Å². The average molecular weight is 486 g/mol. The van der Waals surface area contributed by atoms with Crippen molar-refractivity contribution in [3.63, 3.8) is 0 Å². The van der Waals surface area contributed by atoms with Crippen LogP contribution in [0, 0.1) is 0 Å². The van der Waals surface area contributed by atoms with Gasteiger partial charge < -0.3 is 19.3 Å². The number of pyridine rings is 1. The summed E-state index contributed by atoms with van der Waals surface area (Å²) in [6.07, 6.45) is 8.18. The summed E-state index contributed by atoms with van der Waals surface area (Å²) in [5.74, 6) is 1.71. The number of hydrogen-bond donors (Lipinski definition) is 0. The first-order valence-corrected chi connectivity index (χ1v) is 12.2. The van der Waals surface area contributed by atoms with E-state index in [-0.39, 0.29) is 5.91 Å². The zero-order chi connectivity index (χ0) is 25.1. The zero-order valence-electron chi connectivity index (χ0n) is 21.0. The van der Waals surface area contributed by atoms with Crippen LogP contribution < -0.4 is 14.4 Å². The van der Waals surface area contributed by atoms with Gasteiger partial charge in [0.05, 0.1) is 25.9 Å². The first kappa shape index (κ1) is 23.7.